The predicted octanol–water partition coefficient (Wildman–Crippen LogP) is 2.89. The average molecular weight is 459 g/mol. The zero-order chi connectivity index (χ0) is 22.1. The number of H-pyrrole nitrogens is 1. The lowest BCUT2D eigenvalue weighted by Crippen LogP contribution is -2.30. The molecule has 0 aliphatic rings. The number of aryl methyl sites for hydroxylation is 2. The summed E-state index contributed by atoms with van der Waals surface area (Å²) in [6.07, 6.45) is 0. The second kappa shape index (κ2) is 8.53. The lowest BCUT2D eigenvalue weighted by Gasteiger charge is -2.17. The minimum atomic E-state index is -3.84. The fraction of sp³-hybridized carbons (Fsp3) is 0.412. The third kappa shape index (κ3) is 4.08. The van der Waals surface area contributed by atoms with Crippen molar-refractivity contribution in [3.63, 3.8) is 0 Å². The van der Waals surface area contributed by atoms with Crippen molar-refractivity contribution in [1.82, 2.24) is 9.46 Å². The van der Waals surface area contributed by atoms with E-state index in [-0.39, 0.29) is 45.8 Å². The van der Waals surface area contributed by atoms with Gasteiger partial charge in [0, 0.05) is 18.5 Å². The normalized spacial score (nSPS) is 11.9. The Kier molecular flexibility index (Phi) is 6.24. The van der Waals surface area contributed by atoms with Crippen LogP contribution in [0.5, 0.6) is 5.75 Å². The van der Waals surface area contributed by atoms with Gasteiger partial charge in [-0.25, -0.2) is 8.42 Å². The monoisotopic (exact) mass is 458 g/mol. The minimum absolute atomic E-state index is 0.0675. The van der Waals surface area contributed by atoms with Crippen LogP contribution >= 0.6 is 11.3 Å². The van der Waals surface area contributed by atoms with E-state index >= 15 is 0 Å². The third-order valence-corrected chi connectivity index (χ3v) is 8.11. The fourth-order valence-electron chi connectivity index (χ4n) is 2.83. The molecule has 0 bridgehead atoms. The summed E-state index contributed by atoms with van der Waals surface area (Å²) in [6, 6.07) is 1.87. The summed E-state index contributed by atoms with van der Waals surface area (Å²) in [4.78, 5) is 12.0. The number of hydrogen-bond donors (Lipinski definition) is 4. The number of nitrogens with zero attached hydrogens (tertiary/aromatic N) is 2. The second-order valence-corrected chi connectivity index (χ2v) is 9.49. The number of rotatable bonds is 9. The highest BCUT2D eigenvalue weighted by Gasteiger charge is 2.31. The smallest absolute Gasteiger partial charge is 0.371 e. The van der Waals surface area contributed by atoms with E-state index < -0.39 is 15.8 Å². The topological polar surface area (TPSA) is 147 Å². The van der Waals surface area contributed by atoms with E-state index in [1.54, 1.807) is 13.8 Å². The number of nitrogens with one attached hydrogen (secondary N) is 3. The number of hydrogen-bond acceptors (Lipinski definition) is 9. The first-order valence-electron chi connectivity index (χ1n) is 9.20. The SMILES string of the molecule is CCN(CC)S(=O)(=O)c1scc(Nc2c(NCc3cc(C)c(C)o3)[nH]o[n+]2=O)c1O. The number of aromatic amines is 1. The molecule has 0 fully saturated rings. The third-order valence-electron chi connectivity index (χ3n) is 4.57. The van der Waals surface area contributed by atoms with Crippen LogP contribution < -0.4 is 15.2 Å². The lowest BCUT2D eigenvalue weighted by atomic mass is 10.3. The van der Waals surface area contributed by atoms with Gasteiger partial charge in [0.2, 0.25) is 0 Å². The van der Waals surface area contributed by atoms with E-state index in [1.807, 2.05) is 19.9 Å². The largest absolute Gasteiger partial charge is 0.503 e. The lowest BCUT2D eigenvalue weighted by molar-refractivity contribution is -0.701. The predicted molar refractivity (Wildman–Crippen MR) is 111 cm³/mol. The molecule has 3 heterocycles. The molecule has 0 aliphatic heterocycles. The van der Waals surface area contributed by atoms with E-state index in [0.717, 1.165) is 22.7 Å². The number of aromatic hydroxyl groups is 1. The Morgan fingerprint density at radius 1 is 1.30 bits per heavy atom. The Bertz CT molecular complexity index is 1170. The molecule has 0 saturated carbocycles. The molecule has 0 atom stereocenters. The van der Waals surface area contributed by atoms with Crippen LogP contribution in [0.4, 0.5) is 17.3 Å². The molecule has 30 heavy (non-hydrogen) atoms. The van der Waals surface area contributed by atoms with Crippen molar-refractivity contribution < 1.29 is 27.2 Å². The molecule has 0 saturated heterocycles. The molecule has 3 aromatic rings. The molecule has 0 amide bonds. The number of furan rings is 1. The van der Waals surface area contributed by atoms with E-state index in [2.05, 4.69) is 15.8 Å². The highest BCUT2D eigenvalue weighted by Crippen LogP contribution is 2.40. The van der Waals surface area contributed by atoms with Crippen molar-refractivity contribution in [2.24, 2.45) is 0 Å². The van der Waals surface area contributed by atoms with Gasteiger partial charge in [0.05, 0.1) is 6.54 Å². The van der Waals surface area contributed by atoms with Gasteiger partial charge in [-0.2, -0.15) is 4.31 Å². The first-order chi connectivity index (χ1) is 14.2. The zero-order valence-electron chi connectivity index (χ0n) is 17.0. The first-order valence-corrected chi connectivity index (χ1v) is 11.5. The minimum Gasteiger partial charge on any atom is -0.503 e. The van der Waals surface area contributed by atoms with Gasteiger partial charge < -0.3 is 14.8 Å². The van der Waals surface area contributed by atoms with Crippen molar-refractivity contribution in [3.05, 3.63) is 33.4 Å². The van der Waals surface area contributed by atoms with Gasteiger partial charge in [-0.1, -0.05) is 19.0 Å². The fourth-order valence-corrected chi connectivity index (χ4v) is 5.66. The maximum Gasteiger partial charge on any atom is 0.371 e. The summed E-state index contributed by atoms with van der Waals surface area (Å²) in [6.45, 7) is 8.03. The van der Waals surface area contributed by atoms with Gasteiger partial charge in [-0.05, 0) is 30.4 Å². The first kappa shape index (κ1) is 21.9. The average Bonchev–Trinajstić information content (AvgIpc) is 3.34. The van der Waals surface area contributed by atoms with Crippen molar-refractivity contribution in [2.75, 3.05) is 23.7 Å². The molecule has 4 N–H and O–H groups in total. The van der Waals surface area contributed by atoms with Crippen LogP contribution in [-0.4, -0.2) is 36.1 Å². The van der Waals surface area contributed by atoms with Gasteiger partial charge >= 0.3 is 5.82 Å². The van der Waals surface area contributed by atoms with Crippen LogP contribution in [0, 0.1) is 18.8 Å². The van der Waals surface area contributed by atoms with Gasteiger partial charge in [0.15, 0.2) is 20.2 Å². The summed E-state index contributed by atoms with van der Waals surface area (Å²) < 4.78 is 36.9. The molecular weight excluding hydrogens is 434 g/mol. The quantitative estimate of drug-likeness (QED) is 0.383. The van der Waals surface area contributed by atoms with Gasteiger partial charge in [0.1, 0.15) is 11.5 Å². The van der Waals surface area contributed by atoms with Crippen molar-refractivity contribution in [2.45, 2.75) is 38.4 Å². The molecular formula is C17H24N5O6S2+. The Hall–Kier alpha value is -2.77. The number of aromatic nitrogens is 2. The van der Waals surface area contributed by atoms with E-state index in [0.29, 0.717) is 5.76 Å². The molecule has 0 unspecified atom stereocenters. The Morgan fingerprint density at radius 2 is 2.00 bits per heavy atom. The summed E-state index contributed by atoms with van der Waals surface area (Å²) in [5, 5.41) is 20.0. The molecule has 0 radical (unpaired) electrons. The summed E-state index contributed by atoms with van der Waals surface area (Å²) in [5.74, 6) is 1.13. The van der Waals surface area contributed by atoms with E-state index in [1.165, 1.54) is 9.69 Å². The summed E-state index contributed by atoms with van der Waals surface area (Å²) in [7, 11) is -3.84. The maximum absolute atomic E-state index is 12.7. The molecule has 164 valence electrons. The highest BCUT2D eigenvalue weighted by atomic mass is 32.2. The Labute approximate surface area is 176 Å². The molecule has 0 aromatic carbocycles. The van der Waals surface area contributed by atoms with Crippen molar-refractivity contribution in [3.8, 4) is 5.75 Å². The Balaban J connectivity index is 1.83. The maximum atomic E-state index is 12.7. The highest BCUT2D eigenvalue weighted by molar-refractivity contribution is 7.91. The molecule has 0 spiro atoms. The van der Waals surface area contributed by atoms with E-state index in [9.17, 15) is 18.4 Å². The van der Waals surface area contributed by atoms with Crippen LogP contribution in [0.1, 0.15) is 30.9 Å². The molecule has 3 aromatic heterocycles. The van der Waals surface area contributed by atoms with Gasteiger partial charge in [-0.3, -0.25) is 5.32 Å². The molecule has 3 rings (SSSR count). The van der Waals surface area contributed by atoms with Crippen LogP contribution in [0.15, 0.2) is 24.7 Å². The summed E-state index contributed by atoms with van der Waals surface area (Å²) >= 11 is 0.861. The zero-order valence-corrected chi connectivity index (χ0v) is 18.6. The standard InChI is InChI=1S/C17H23N5O6S2/c1-5-21(6-2)30(25,26)17-14(23)13(9-29-17)19-16-15(20-28-22(16)24)18-8-12-7-10(3)11(4)27-12/h7,9,19H,5-6,8H2,1-4H3,(H2-,18,20,23,24)/p+1. The number of thiophene rings is 1. The van der Waals surface area contributed by atoms with Gasteiger partial charge in [0.25, 0.3) is 15.8 Å². The van der Waals surface area contributed by atoms with Crippen LogP contribution in [0.25, 0.3) is 0 Å². The second-order valence-electron chi connectivity index (χ2n) is 6.48. The van der Waals surface area contributed by atoms with Crippen molar-refractivity contribution in [1.29, 1.82) is 0 Å². The number of sulfonamides is 1. The molecule has 13 heteroatoms. The van der Waals surface area contributed by atoms with Crippen LogP contribution in [0.2, 0.25) is 0 Å². The molecule has 0 aliphatic carbocycles. The van der Waals surface area contributed by atoms with Crippen LogP contribution in [0.3, 0.4) is 0 Å². The number of anilines is 3. The Morgan fingerprint density at radius 3 is 2.60 bits per heavy atom. The van der Waals surface area contributed by atoms with Gasteiger partial charge in [-0.15, -0.1) is 16.0 Å². The van der Waals surface area contributed by atoms with Crippen LogP contribution in [-0.2, 0) is 16.6 Å². The summed E-state index contributed by atoms with van der Waals surface area (Å²) in [5.41, 5.74) is 1.07. The molecule has 11 nitrogen and oxygen atoms in total. The van der Waals surface area contributed by atoms with Crippen molar-refractivity contribution >= 4 is 38.7 Å². The van der Waals surface area contributed by atoms with E-state index in [4.69, 9.17) is 9.05 Å².